The Labute approximate surface area is 143 Å². The Hall–Kier alpha value is -3.35. The van der Waals surface area contributed by atoms with E-state index < -0.39 is 6.10 Å². The van der Waals surface area contributed by atoms with Gasteiger partial charge in [-0.3, -0.25) is 14.7 Å². The molecule has 0 saturated heterocycles. The number of nitrogens with one attached hydrogen (secondary N) is 3. The van der Waals surface area contributed by atoms with Crippen molar-refractivity contribution in [3.05, 3.63) is 47.7 Å². The molecule has 1 aliphatic rings. The Morgan fingerprint density at radius 2 is 2.12 bits per heavy atom. The van der Waals surface area contributed by atoms with Crippen LogP contribution >= 0.6 is 0 Å². The number of aryl methyl sites for hydroxylation is 1. The SMILES string of the molecule is Cc1ccc(NC(=O)c2cccc3c2O[C@H](C)C(=O)N3)c2[nH]ncc12. The fourth-order valence-corrected chi connectivity index (χ4v) is 2.87. The molecule has 25 heavy (non-hydrogen) atoms. The number of hydrogen-bond acceptors (Lipinski definition) is 4. The summed E-state index contributed by atoms with van der Waals surface area (Å²) in [6, 6.07) is 8.82. The molecule has 3 N–H and O–H groups in total. The lowest BCUT2D eigenvalue weighted by molar-refractivity contribution is -0.122. The van der Waals surface area contributed by atoms with Crippen LogP contribution < -0.4 is 15.4 Å². The molecule has 3 aromatic rings. The average molecular weight is 336 g/mol. The molecule has 1 aliphatic heterocycles. The first-order chi connectivity index (χ1) is 12.0. The van der Waals surface area contributed by atoms with Gasteiger partial charge in [0.25, 0.3) is 11.8 Å². The van der Waals surface area contributed by atoms with E-state index in [0.717, 1.165) is 16.5 Å². The minimum absolute atomic E-state index is 0.234. The van der Waals surface area contributed by atoms with E-state index in [1.54, 1.807) is 31.3 Å². The zero-order chi connectivity index (χ0) is 17.6. The minimum atomic E-state index is -0.653. The largest absolute Gasteiger partial charge is 0.478 e. The van der Waals surface area contributed by atoms with Crippen molar-refractivity contribution in [3.63, 3.8) is 0 Å². The number of aromatic nitrogens is 2. The maximum absolute atomic E-state index is 12.8. The lowest BCUT2D eigenvalue weighted by Gasteiger charge is -2.25. The van der Waals surface area contributed by atoms with Crippen molar-refractivity contribution in [1.82, 2.24) is 10.2 Å². The van der Waals surface area contributed by atoms with Crippen LogP contribution in [-0.2, 0) is 4.79 Å². The first-order valence-electron chi connectivity index (χ1n) is 7.89. The maximum Gasteiger partial charge on any atom is 0.265 e. The summed E-state index contributed by atoms with van der Waals surface area (Å²) in [7, 11) is 0. The van der Waals surface area contributed by atoms with Gasteiger partial charge in [0, 0.05) is 5.39 Å². The van der Waals surface area contributed by atoms with Crippen LogP contribution in [-0.4, -0.2) is 28.1 Å². The molecule has 0 spiro atoms. The lowest BCUT2D eigenvalue weighted by Crippen LogP contribution is -2.35. The number of amides is 2. The molecule has 2 amide bonds. The fraction of sp³-hybridized carbons (Fsp3) is 0.167. The molecule has 0 saturated carbocycles. The Balaban J connectivity index is 1.70. The Bertz CT molecular complexity index is 1010. The zero-order valence-corrected chi connectivity index (χ0v) is 13.7. The number of ether oxygens (including phenoxy) is 1. The molecular formula is C18H16N4O3. The molecular weight excluding hydrogens is 320 g/mol. The van der Waals surface area contributed by atoms with Crippen molar-refractivity contribution in [1.29, 1.82) is 0 Å². The van der Waals surface area contributed by atoms with E-state index in [9.17, 15) is 9.59 Å². The van der Waals surface area contributed by atoms with Crippen LogP contribution in [0.2, 0.25) is 0 Å². The van der Waals surface area contributed by atoms with Gasteiger partial charge in [-0.15, -0.1) is 0 Å². The van der Waals surface area contributed by atoms with E-state index in [4.69, 9.17) is 4.74 Å². The van der Waals surface area contributed by atoms with Crippen molar-refractivity contribution in [2.45, 2.75) is 20.0 Å². The normalized spacial score (nSPS) is 16.1. The monoisotopic (exact) mass is 336 g/mol. The summed E-state index contributed by atoms with van der Waals surface area (Å²) in [5.74, 6) is -0.178. The van der Waals surface area contributed by atoms with Crippen molar-refractivity contribution < 1.29 is 14.3 Å². The number of fused-ring (bicyclic) bond motifs is 2. The summed E-state index contributed by atoms with van der Waals surface area (Å²) in [5.41, 5.74) is 3.32. The van der Waals surface area contributed by atoms with Gasteiger partial charge in [0.05, 0.1) is 28.7 Å². The van der Waals surface area contributed by atoms with Crippen molar-refractivity contribution in [2.24, 2.45) is 0 Å². The van der Waals surface area contributed by atoms with Crippen LogP contribution in [0.5, 0.6) is 5.75 Å². The van der Waals surface area contributed by atoms with Gasteiger partial charge in [0.2, 0.25) is 0 Å². The molecule has 7 heteroatoms. The van der Waals surface area contributed by atoms with Gasteiger partial charge in [-0.2, -0.15) is 5.10 Å². The van der Waals surface area contributed by atoms with Gasteiger partial charge in [0.15, 0.2) is 11.9 Å². The van der Waals surface area contributed by atoms with E-state index in [1.807, 2.05) is 19.1 Å². The number of carbonyl (C=O) groups is 2. The quantitative estimate of drug-likeness (QED) is 0.670. The van der Waals surface area contributed by atoms with Gasteiger partial charge >= 0.3 is 0 Å². The van der Waals surface area contributed by atoms with Crippen LogP contribution in [0.4, 0.5) is 11.4 Å². The van der Waals surface area contributed by atoms with Crippen molar-refractivity contribution >= 4 is 34.1 Å². The number of H-pyrrole nitrogens is 1. The van der Waals surface area contributed by atoms with Gasteiger partial charge < -0.3 is 15.4 Å². The van der Waals surface area contributed by atoms with Gasteiger partial charge in [-0.25, -0.2) is 0 Å². The number of hydrogen-bond donors (Lipinski definition) is 3. The topological polar surface area (TPSA) is 96.1 Å². The highest BCUT2D eigenvalue weighted by molar-refractivity contribution is 6.12. The summed E-state index contributed by atoms with van der Waals surface area (Å²) in [6.07, 6.45) is 1.07. The molecule has 0 unspecified atom stereocenters. The molecule has 7 nitrogen and oxygen atoms in total. The first kappa shape index (κ1) is 15.2. The molecule has 1 atom stereocenters. The molecule has 0 bridgehead atoms. The average Bonchev–Trinajstić information content (AvgIpc) is 3.09. The van der Waals surface area contributed by atoms with E-state index in [2.05, 4.69) is 20.8 Å². The first-order valence-corrected chi connectivity index (χ1v) is 7.89. The predicted octanol–water partition coefficient (Wildman–Crippen LogP) is 2.84. The molecule has 2 heterocycles. The number of nitrogens with zero attached hydrogens (tertiary/aromatic N) is 1. The van der Waals surface area contributed by atoms with Crippen molar-refractivity contribution in [3.8, 4) is 5.75 Å². The lowest BCUT2D eigenvalue weighted by atomic mass is 10.1. The van der Waals surface area contributed by atoms with E-state index in [1.165, 1.54) is 0 Å². The number of carbonyl (C=O) groups excluding carboxylic acids is 2. The third-order valence-electron chi connectivity index (χ3n) is 4.26. The van der Waals surface area contributed by atoms with E-state index in [0.29, 0.717) is 22.7 Å². The Kier molecular flexibility index (Phi) is 3.42. The van der Waals surface area contributed by atoms with E-state index in [-0.39, 0.29) is 11.8 Å². The van der Waals surface area contributed by atoms with Crippen LogP contribution in [0.25, 0.3) is 10.9 Å². The van der Waals surface area contributed by atoms with Gasteiger partial charge in [0.1, 0.15) is 0 Å². The van der Waals surface area contributed by atoms with E-state index >= 15 is 0 Å². The summed E-state index contributed by atoms with van der Waals surface area (Å²) in [5, 5.41) is 13.5. The summed E-state index contributed by atoms with van der Waals surface area (Å²) in [6.45, 7) is 3.62. The van der Waals surface area contributed by atoms with Gasteiger partial charge in [-0.1, -0.05) is 12.1 Å². The maximum atomic E-state index is 12.8. The summed E-state index contributed by atoms with van der Waals surface area (Å²) in [4.78, 5) is 24.5. The number of aromatic amines is 1. The van der Waals surface area contributed by atoms with Crippen LogP contribution in [0.3, 0.4) is 0 Å². The highest BCUT2D eigenvalue weighted by Gasteiger charge is 2.27. The molecule has 126 valence electrons. The fourth-order valence-electron chi connectivity index (χ4n) is 2.87. The second kappa shape index (κ2) is 5.62. The number of anilines is 2. The molecule has 0 fully saturated rings. The van der Waals surface area contributed by atoms with Crippen LogP contribution in [0.15, 0.2) is 36.5 Å². The predicted molar refractivity (Wildman–Crippen MR) is 93.9 cm³/mol. The molecule has 0 aliphatic carbocycles. The second-order valence-electron chi connectivity index (χ2n) is 5.97. The standard InChI is InChI=1S/C18H16N4O3/c1-9-6-7-13(15-12(9)8-19-22-15)20-18(24)11-4-3-5-14-16(11)25-10(2)17(23)21-14/h3-8,10H,1-2H3,(H,19,22)(H,20,24)(H,21,23)/t10-/m1/s1. The summed E-state index contributed by atoms with van der Waals surface area (Å²) >= 11 is 0. The number of rotatable bonds is 2. The third kappa shape index (κ3) is 2.50. The molecule has 4 rings (SSSR count). The Morgan fingerprint density at radius 1 is 1.28 bits per heavy atom. The smallest absolute Gasteiger partial charge is 0.265 e. The zero-order valence-electron chi connectivity index (χ0n) is 13.7. The summed E-state index contributed by atoms with van der Waals surface area (Å²) < 4.78 is 5.63. The molecule has 1 aromatic heterocycles. The molecule has 0 radical (unpaired) electrons. The van der Waals surface area contributed by atoms with Gasteiger partial charge in [-0.05, 0) is 37.6 Å². The third-order valence-corrected chi connectivity index (χ3v) is 4.26. The van der Waals surface area contributed by atoms with Crippen molar-refractivity contribution in [2.75, 3.05) is 10.6 Å². The number of para-hydroxylation sites is 1. The van der Waals surface area contributed by atoms with Crippen LogP contribution in [0, 0.1) is 6.92 Å². The highest BCUT2D eigenvalue weighted by atomic mass is 16.5. The Morgan fingerprint density at radius 3 is 2.96 bits per heavy atom. The second-order valence-corrected chi connectivity index (χ2v) is 5.97. The number of benzene rings is 2. The molecule has 2 aromatic carbocycles. The highest BCUT2D eigenvalue weighted by Crippen LogP contribution is 2.34. The minimum Gasteiger partial charge on any atom is -0.478 e. The van der Waals surface area contributed by atoms with Crippen LogP contribution in [0.1, 0.15) is 22.8 Å².